The van der Waals surface area contributed by atoms with Crippen LogP contribution in [0.15, 0.2) is 0 Å². The van der Waals surface area contributed by atoms with Gasteiger partial charge in [0.05, 0.1) is 12.6 Å². The van der Waals surface area contributed by atoms with Crippen LogP contribution in [0.1, 0.15) is 34.6 Å². The molecule has 2 amide bonds. The number of hydrogen-bond acceptors (Lipinski definition) is 4. The number of nitrogens with one attached hydrogen (secondary N) is 2. The molecule has 0 spiro atoms. The van der Waals surface area contributed by atoms with Crippen molar-refractivity contribution >= 4 is 12.2 Å². The highest BCUT2D eigenvalue weighted by atomic mass is 16.6. The van der Waals surface area contributed by atoms with E-state index in [0.717, 1.165) is 0 Å². The molecule has 1 rings (SSSR count). The average Bonchev–Trinajstić information content (AvgIpc) is 2.57. The molecule has 0 bridgehead atoms. The highest BCUT2D eigenvalue weighted by Crippen LogP contribution is 2.15. The van der Waals surface area contributed by atoms with Crippen LogP contribution < -0.4 is 10.6 Å². The molecule has 1 fully saturated rings. The van der Waals surface area contributed by atoms with Gasteiger partial charge in [-0.05, 0) is 26.7 Å². The minimum absolute atomic E-state index is 0.134. The lowest BCUT2D eigenvalue weighted by atomic mass is 9.99. The van der Waals surface area contributed by atoms with Crippen molar-refractivity contribution in [2.24, 2.45) is 5.92 Å². The van der Waals surface area contributed by atoms with Crippen molar-refractivity contribution in [2.75, 3.05) is 6.54 Å². The highest BCUT2D eigenvalue weighted by Gasteiger charge is 2.34. The van der Waals surface area contributed by atoms with Crippen LogP contribution in [-0.2, 0) is 9.47 Å². The van der Waals surface area contributed by atoms with E-state index in [1.54, 1.807) is 20.8 Å². The lowest BCUT2D eigenvalue weighted by molar-refractivity contribution is 0.0397. The largest absolute Gasteiger partial charge is 0.444 e. The van der Waals surface area contributed by atoms with Gasteiger partial charge in [0.1, 0.15) is 11.7 Å². The smallest absolute Gasteiger partial charge is 0.408 e. The van der Waals surface area contributed by atoms with Crippen LogP contribution in [0.3, 0.4) is 0 Å². The minimum Gasteiger partial charge on any atom is -0.444 e. The summed E-state index contributed by atoms with van der Waals surface area (Å²) in [5.74, 6) is 0.134. The standard InChI is InChI=1S/C12H22N2O4/c1-7(2)9(8-6-13-10(15)17-8)14-11(16)18-12(3,4)5/h7-9H,6H2,1-5H3,(H,13,15)(H,14,16). The number of rotatable bonds is 3. The Morgan fingerprint density at radius 1 is 1.50 bits per heavy atom. The Balaban J connectivity index is 2.58. The molecule has 2 unspecified atom stereocenters. The summed E-state index contributed by atoms with van der Waals surface area (Å²) < 4.78 is 10.3. The normalized spacial score (nSPS) is 21.2. The van der Waals surface area contributed by atoms with Crippen LogP contribution in [-0.4, -0.2) is 36.5 Å². The van der Waals surface area contributed by atoms with E-state index in [4.69, 9.17) is 9.47 Å². The van der Waals surface area contributed by atoms with E-state index in [0.29, 0.717) is 6.54 Å². The van der Waals surface area contributed by atoms with Crippen LogP contribution in [0.2, 0.25) is 0 Å². The van der Waals surface area contributed by atoms with Crippen molar-refractivity contribution in [3.8, 4) is 0 Å². The van der Waals surface area contributed by atoms with Crippen molar-refractivity contribution in [3.63, 3.8) is 0 Å². The first-order valence-electron chi connectivity index (χ1n) is 6.13. The number of carbonyl (C=O) groups excluding carboxylic acids is 2. The summed E-state index contributed by atoms with van der Waals surface area (Å²) in [5.41, 5.74) is -0.545. The topological polar surface area (TPSA) is 76.7 Å². The average molecular weight is 258 g/mol. The quantitative estimate of drug-likeness (QED) is 0.807. The van der Waals surface area contributed by atoms with E-state index in [1.165, 1.54) is 0 Å². The molecule has 1 aliphatic heterocycles. The Morgan fingerprint density at radius 3 is 2.50 bits per heavy atom. The predicted octanol–water partition coefficient (Wildman–Crippen LogP) is 1.64. The SMILES string of the molecule is CC(C)C(NC(=O)OC(C)(C)C)C1CNC(=O)O1. The number of amides is 2. The summed E-state index contributed by atoms with van der Waals surface area (Å²) in [6.45, 7) is 9.70. The third-order valence-electron chi connectivity index (χ3n) is 2.51. The Morgan fingerprint density at radius 2 is 2.11 bits per heavy atom. The second-order valence-electron chi connectivity index (χ2n) is 5.74. The summed E-state index contributed by atoms with van der Waals surface area (Å²) in [7, 11) is 0. The van der Waals surface area contributed by atoms with Gasteiger partial charge in [-0.2, -0.15) is 0 Å². The van der Waals surface area contributed by atoms with Gasteiger partial charge in [0.25, 0.3) is 0 Å². The number of cyclic esters (lactones) is 1. The third-order valence-corrected chi connectivity index (χ3v) is 2.51. The van der Waals surface area contributed by atoms with Gasteiger partial charge in [0.2, 0.25) is 0 Å². The van der Waals surface area contributed by atoms with Crippen molar-refractivity contribution < 1.29 is 19.1 Å². The van der Waals surface area contributed by atoms with Crippen LogP contribution >= 0.6 is 0 Å². The minimum atomic E-state index is -0.545. The molecule has 6 nitrogen and oxygen atoms in total. The maximum absolute atomic E-state index is 11.7. The van der Waals surface area contributed by atoms with Crippen LogP contribution in [0.25, 0.3) is 0 Å². The molecule has 2 atom stereocenters. The summed E-state index contributed by atoms with van der Waals surface area (Å²) in [6.07, 6.45) is -1.30. The number of alkyl carbamates (subject to hydrolysis) is 2. The van der Waals surface area contributed by atoms with E-state index < -0.39 is 17.8 Å². The Labute approximate surface area is 107 Å². The molecule has 0 aliphatic carbocycles. The van der Waals surface area contributed by atoms with Gasteiger partial charge in [-0.15, -0.1) is 0 Å². The zero-order valence-corrected chi connectivity index (χ0v) is 11.6. The van der Waals surface area contributed by atoms with Gasteiger partial charge in [-0.25, -0.2) is 9.59 Å². The van der Waals surface area contributed by atoms with Gasteiger partial charge < -0.3 is 20.1 Å². The van der Waals surface area contributed by atoms with E-state index in [2.05, 4.69) is 10.6 Å². The van der Waals surface area contributed by atoms with Crippen LogP contribution in [0, 0.1) is 5.92 Å². The van der Waals surface area contributed by atoms with E-state index in [-0.39, 0.29) is 18.1 Å². The van der Waals surface area contributed by atoms with Gasteiger partial charge in [0, 0.05) is 0 Å². The zero-order chi connectivity index (χ0) is 13.9. The molecule has 1 saturated heterocycles. The third kappa shape index (κ3) is 4.43. The van der Waals surface area contributed by atoms with Crippen molar-refractivity contribution in [2.45, 2.75) is 52.4 Å². The van der Waals surface area contributed by atoms with Crippen molar-refractivity contribution in [1.82, 2.24) is 10.6 Å². The molecule has 1 aliphatic rings. The van der Waals surface area contributed by atoms with E-state index >= 15 is 0 Å². The molecule has 0 saturated carbocycles. The number of carbonyl (C=O) groups is 2. The second kappa shape index (κ2) is 5.46. The molecule has 0 aromatic carbocycles. The molecule has 2 N–H and O–H groups in total. The van der Waals surface area contributed by atoms with Gasteiger partial charge >= 0.3 is 12.2 Å². The molecule has 0 aromatic rings. The molecule has 6 heteroatoms. The van der Waals surface area contributed by atoms with Gasteiger partial charge in [0.15, 0.2) is 0 Å². The lowest BCUT2D eigenvalue weighted by Gasteiger charge is -2.28. The van der Waals surface area contributed by atoms with Crippen molar-refractivity contribution in [1.29, 1.82) is 0 Å². The second-order valence-corrected chi connectivity index (χ2v) is 5.74. The first-order valence-corrected chi connectivity index (χ1v) is 6.13. The van der Waals surface area contributed by atoms with Crippen LogP contribution in [0.4, 0.5) is 9.59 Å². The fourth-order valence-corrected chi connectivity index (χ4v) is 1.74. The van der Waals surface area contributed by atoms with Gasteiger partial charge in [-0.1, -0.05) is 13.8 Å². The maximum Gasteiger partial charge on any atom is 0.408 e. The summed E-state index contributed by atoms with van der Waals surface area (Å²) in [6, 6.07) is -0.265. The van der Waals surface area contributed by atoms with E-state index in [1.807, 2.05) is 13.8 Å². The number of ether oxygens (including phenoxy) is 2. The predicted molar refractivity (Wildman–Crippen MR) is 66.3 cm³/mol. The molecule has 18 heavy (non-hydrogen) atoms. The molecular weight excluding hydrogens is 236 g/mol. The molecule has 104 valence electrons. The Bertz CT molecular complexity index is 323. The summed E-state index contributed by atoms with van der Waals surface area (Å²) >= 11 is 0. The van der Waals surface area contributed by atoms with Gasteiger partial charge in [-0.3, -0.25) is 0 Å². The maximum atomic E-state index is 11.7. The first-order chi connectivity index (χ1) is 8.19. The summed E-state index contributed by atoms with van der Waals surface area (Å²) in [5, 5.41) is 5.33. The zero-order valence-electron chi connectivity index (χ0n) is 11.6. The Kier molecular flexibility index (Phi) is 4.43. The molecule has 1 heterocycles. The fourth-order valence-electron chi connectivity index (χ4n) is 1.74. The fraction of sp³-hybridized carbons (Fsp3) is 0.833. The molecule has 0 radical (unpaired) electrons. The first kappa shape index (κ1) is 14.6. The van der Waals surface area contributed by atoms with E-state index in [9.17, 15) is 9.59 Å². The monoisotopic (exact) mass is 258 g/mol. The van der Waals surface area contributed by atoms with Crippen LogP contribution in [0.5, 0.6) is 0 Å². The Hall–Kier alpha value is -1.46. The van der Waals surface area contributed by atoms with Crippen molar-refractivity contribution in [3.05, 3.63) is 0 Å². The highest BCUT2D eigenvalue weighted by molar-refractivity contribution is 5.70. The lowest BCUT2D eigenvalue weighted by Crippen LogP contribution is -2.49. The number of hydrogen-bond donors (Lipinski definition) is 2. The molecular formula is C12H22N2O4. The molecule has 0 aromatic heterocycles. The summed E-state index contributed by atoms with van der Waals surface area (Å²) in [4.78, 5) is 22.7.